The van der Waals surface area contributed by atoms with Gasteiger partial charge in [0, 0.05) is 30.9 Å². The highest BCUT2D eigenvalue weighted by Crippen LogP contribution is 2.27. The molecule has 5 heteroatoms. The Balaban J connectivity index is 1.79. The van der Waals surface area contributed by atoms with Gasteiger partial charge in [0.05, 0.1) is 6.61 Å². The Labute approximate surface area is 128 Å². The van der Waals surface area contributed by atoms with E-state index in [4.69, 9.17) is 4.74 Å². The minimum atomic E-state index is -0.183. The van der Waals surface area contributed by atoms with Crippen molar-refractivity contribution in [3.63, 3.8) is 0 Å². The summed E-state index contributed by atoms with van der Waals surface area (Å²) < 4.78 is 6.50. The molecule has 1 aliphatic rings. The van der Waals surface area contributed by atoms with Gasteiger partial charge in [-0.15, -0.1) is 11.3 Å². The number of esters is 1. The number of ether oxygens (including phenoxy) is 1. The van der Waals surface area contributed by atoms with Crippen LogP contribution in [0, 0.1) is 0 Å². The van der Waals surface area contributed by atoms with Crippen LogP contribution in [-0.2, 0) is 16.1 Å². The first-order chi connectivity index (χ1) is 10.3. The Morgan fingerprint density at radius 1 is 1.48 bits per heavy atom. The van der Waals surface area contributed by atoms with E-state index in [1.807, 2.05) is 6.92 Å². The first kappa shape index (κ1) is 14.5. The average Bonchev–Trinajstić information content (AvgIpc) is 2.91. The molecule has 4 nitrogen and oxygen atoms in total. The molecule has 3 rings (SSSR count). The SMILES string of the molecule is CCOC(=O)C1CNCCN1Cc1csc2ccccc12. The maximum atomic E-state index is 12.1. The number of rotatable bonds is 4. The van der Waals surface area contributed by atoms with E-state index in [0.717, 1.165) is 19.6 Å². The molecule has 0 aliphatic carbocycles. The van der Waals surface area contributed by atoms with Crippen LogP contribution in [0.3, 0.4) is 0 Å². The van der Waals surface area contributed by atoms with Gasteiger partial charge in [0.1, 0.15) is 6.04 Å². The van der Waals surface area contributed by atoms with Crippen molar-refractivity contribution in [2.75, 3.05) is 26.2 Å². The monoisotopic (exact) mass is 304 g/mol. The molecule has 0 radical (unpaired) electrons. The van der Waals surface area contributed by atoms with Crippen LogP contribution in [0.5, 0.6) is 0 Å². The second-order valence-electron chi connectivity index (χ2n) is 5.20. The topological polar surface area (TPSA) is 41.6 Å². The molecule has 1 fully saturated rings. The van der Waals surface area contributed by atoms with Gasteiger partial charge in [-0.25, -0.2) is 0 Å². The van der Waals surface area contributed by atoms with E-state index in [0.29, 0.717) is 13.2 Å². The lowest BCUT2D eigenvalue weighted by molar-refractivity contribution is -0.150. The first-order valence-corrected chi connectivity index (χ1v) is 8.24. The third-order valence-electron chi connectivity index (χ3n) is 3.85. The molecule has 21 heavy (non-hydrogen) atoms. The average molecular weight is 304 g/mol. The van der Waals surface area contributed by atoms with E-state index in [9.17, 15) is 4.79 Å². The molecule has 0 spiro atoms. The number of fused-ring (bicyclic) bond motifs is 1. The van der Waals surface area contributed by atoms with Crippen LogP contribution in [0.1, 0.15) is 12.5 Å². The number of nitrogens with one attached hydrogen (secondary N) is 1. The fourth-order valence-corrected chi connectivity index (χ4v) is 3.73. The van der Waals surface area contributed by atoms with Crippen LogP contribution < -0.4 is 5.32 Å². The van der Waals surface area contributed by atoms with E-state index in [1.54, 1.807) is 11.3 Å². The van der Waals surface area contributed by atoms with Crippen molar-refractivity contribution in [1.29, 1.82) is 0 Å². The van der Waals surface area contributed by atoms with Crippen molar-refractivity contribution >= 4 is 27.4 Å². The molecule has 2 aromatic rings. The summed E-state index contributed by atoms with van der Waals surface area (Å²) in [4.78, 5) is 14.3. The number of hydrogen-bond acceptors (Lipinski definition) is 5. The second-order valence-corrected chi connectivity index (χ2v) is 6.11. The number of benzene rings is 1. The van der Waals surface area contributed by atoms with Gasteiger partial charge in [-0.3, -0.25) is 9.69 Å². The van der Waals surface area contributed by atoms with Crippen molar-refractivity contribution in [1.82, 2.24) is 10.2 Å². The number of thiophene rings is 1. The first-order valence-electron chi connectivity index (χ1n) is 7.36. The number of hydrogen-bond donors (Lipinski definition) is 1. The van der Waals surface area contributed by atoms with Crippen LogP contribution in [0.15, 0.2) is 29.6 Å². The quantitative estimate of drug-likeness (QED) is 0.880. The summed E-state index contributed by atoms with van der Waals surface area (Å²) in [6.45, 7) is 5.54. The Bertz CT molecular complexity index is 626. The van der Waals surface area contributed by atoms with Crippen molar-refractivity contribution < 1.29 is 9.53 Å². The van der Waals surface area contributed by atoms with Gasteiger partial charge in [-0.2, -0.15) is 0 Å². The fourth-order valence-electron chi connectivity index (χ4n) is 2.78. The molecule has 2 heterocycles. The Morgan fingerprint density at radius 2 is 2.33 bits per heavy atom. The van der Waals surface area contributed by atoms with E-state index in [-0.39, 0.29) is 12.0 Å². The van der Waals surface area contributed by atoms with E-state index < -0.39 is 0 Å². The van der Waals surface area contributed by atoms with Crippen LogP contribution >= 0.6 is 11.3 Å². The second kappa shape index (κ2) is 6.56. The lowest BCUT2D eigenvalue weighted by Crippen LogP contribution is -2.54. The largest absolute Gasteiger partial charge is 0.465 e. The van der Waals surface area contributed by atoms with Crippen LogP contribution in [0.4, 0.5) is 0 Å². The van der Waals surface area contributed by atoms with Gasteiger partial charge in [0.25, 0.3) is 0 Å². The maximum Gasteiger partial charge on any atom is 0.324 e. The summed E-state index contributed by atoms with van der Waals surface area (Å²) in [5.74, 6) is -0.121. The zero-order valence-corrected chi connectivity index (χ0v) is 13.0. The predicted molar refractivity (Wildman–Crippen MR) is 85.5 cm³/mol. The predicted octanol–water partition coefficient (Wildman–Crippen LogP) is 2.24. The van der Waals surface area contributed by atoms with Gasteiger partial charge >= 0.3 is 5.97 Å². The van der Waals surface area contributed by atoms with Gasteiger partial charge < -0.3 is 10.1 Å². The Hall–Kier alpha value is -1.43. The van der Waals surface area contributed by atoms with Crippen LogP contribution in [0.25, 0.3) is 10.1 Å². The number of piperazine rings is 1. The Kier molecular flexibility index (Phi) is 4.53. The summed E-state index contributed by atoms with van der Waals surface area (Å²) in [5, 5.41) is 6.78. The molecule has 1 aromatic carbocycles. The summed E-state index contributed by atoms with van der Waals surface area (Å²) in [7, 11) is 0. The minimum absolute atomic E-state index is 0.121. The molecule has 0 amide bonds. The highest BCUT2D eigenvalue weighted by molar-refractivity contribution is 7.17. The normalized spacial score (nSPS) is 19.8. The van der Waals surface area contributed by atoms with Gasteiger partial charge in [0.15, 0.2) is 0 Å². The molecular weight excluding hydrogens is 284 g/mol. The van der Waals surface area contributed by atoms with Gasteiger partial charge in [-0.05, 0) is 29.3 Å². The minimum Gasteiger partial charge on any atom is -0.465 e. The van der Waals surface area contributed by atoms with Gasteiger partial charge in [0.2, 0.25) is 0 Å². The molecular formula is C16H20N2O2S. The van der Waals surface area contributed by atoms with Gasteiger partial charge in [-0.1, -0.05) is 18.2 Å². The summed E-state index contributed by atoms with van der Waals surface area (Å²) in [6.07, 6.45) is 0. The highest BCUT2D eigenvalue weighted by Gasteiger charge is 2.30. The number of nitrogens with zero attached hydrogens (tertiary/aromatic N) is 1. The molecule has 1 N–H and O–H groups in total. The number of carbonyl (C=O) groups is 1. The van der Waals surface area contributed by atoms with E-state index >= 15 is 0 Å². The van der Waals surface area contributed by atoms with E-state index in [2.05, 4.69) is 39.9 Å². The lowest BCUT2D eigenvalue weighted by atomic mass is 10.1. The lowest BCUT2D eigenvalue weighted by Gasteiger charge is -2.34. The molecule has 1 unspecified atom stereocenters. The molecule has 1 saturated heterocycles. The molecule has 0 saturated carbocycles. The smallest absolute Gasteiger partial charge is 0.324 e. The summed E-state index contributed by atoms with van der Waals surface area (Å²) in [5.41, 5.74) is 1.30. The summed E-state index contributed by atoms with van der Waals surface area (Å²) in [6, 6.07) is 8.25. The molecule has 1 aliphatic heterocycles. The maximum absolute atomic E-state index is 12.1. The molecule has 1 aromatic heterocycles. The van der Waals surface area contributed by atoms with Crippen LogP contribution in [0.2, 0.25) is 0 Å². The molecule has 0 bridgehead atoms. The highest BCUT2D eigenvalue weighted by atomic mass is 32.1. The third kappa shape index (κ3) is 3.10. The Morgan fingerprint density at radius 3 is 3.19 bits per heavy atom. The third-order valence-corrected chi connectivity index (χ3v) is 4.86. The van der Waals surface area contributed by atoms with Crippen molar-refractivity contribution in [3.05, 3.63) is 35.2 Å². The number of carbonyl (C=O) groups excluding carboxylic acids is 1. The molecule has 1 atom stereocenters. The zero-order chi connectivity index (χ0) is 14.7. The van der Waals surface area contributed by atoms with Crippen molar-refractivity contribution in [2.24, 2.45) is 0 Å². The van der Waals surface area contributed by atoms with Crippen molar-refractivity contribution in [2.45, 2.75) is 19.5 Å². The zero-order valence-electron chi connectivity index (χ0n) is 12.2. The van der Waals surface area contributed by atoms with Crippen LogP contribution in [-0.4, -0.2) is 43.2 Å². The summed E-state index contributed by atoms with van der Waals surface area (Å²) >= 11 is 1.76. The van der Waals surface area contributed by atoms with E-state index in [1.165, 1.54) is 15.6 Å². The molecule has 112 valence electrons. The van der Waals surface area contributed by atoms with Crippen molar-refractivity contribution in [3.8, 4) is 0 Å². The standard InChI is InChI=1S/C16H20N2O2S/c1-2-20-16(19)14-9-17-7-8-18(14)10-12-11-21-15-6-4-3-5-13(12)15/h3-6,11,14,17H,2,7-10H2,1H3. The fraction of sp³-hybridized carbons (Fsp3) is 0.438.